The van der Waals surface area contributed by atoms with Gasteiger partial charge in [0, 0.05) is 42.0 Å². The van der Waals surface area contributed by atoms with Gasteiger partial charge >= 0.3 is 0 Å². The Balaban J connectivity index is 2.04. The van der Waals surface area contributed by atoms with E-state index in [-0.39, 0.29) is 17.8 Å². The maximum absolute atomic E-state index is 12.1. The van der Waals surface area contributed by atoms with Gasteiger partial charge in [-0.15, -0.1) is 0 Å². The van der Waals surface area contributed by atoms with E-state index in [2.05, 4.69) is 17.2 Å². The second-order valence-corrected chi connectivity index (χ2v) is 5.08. The fourth-order valence-corrected chi connectivity index (χ4v) is 2.27. The summed E-state index contributed by atoms with van der Waals surface area (Å²) in [6, 6.07) is 2.17. The van der Waals surface area contributed by atoms with Crippen molar-refractivity contribution in [1.29, 1.82) is 0 Å². The van der Waals surface area contributed by atoms with Gasteiger partial charge in [0.05, 0.1) is 0 Å². The summed E-state index contributed by atoms with van der Waals surface area (Å²) in [6.07, 6.45) is 1.80. The lowest BCUT2D eigenvalue weighted by molar-refractivity contribution is 0.0792. The molecule has 1 aliphatic rings. The summed E-state index contributed by atoms with van der Waals surface area (Å²) in [5.74, 6) is 0.487. The third-order valence-corrected chi connectivity index (χ3v) is 3.47. The predicted molar refractivity (Wildman–Crippen MR) is 72.7 cm³/mol. The van der Waals surface area contributed by atoms with E-state index < -0.39 is 13.0 Å². The van der Waals surface area contributed by atoms with Crippen LogP contribution in [0.1, 0.15) is 30.4 Å². The molecule has 0 saturated carbocycles. The number of hydrogen-bond acceptors (Lipinski definition) is 4. The van der Waals surface area contributed by atoms with Gasteiger partial charge < -0.3 is 15.8 Å². The summed E-state index contributed by atoms with van der Waals surface area (Å²) in [7, 11) is 0. The number of aromatic nitrogens is 1. The van der Waals surface area contributed by atoms with Crippen LogP contribution in [0.4, 0.5) is 8.78 Å². The maximum atomic E-state index is 12.1. The Morgan fingerprint density at radius 3 is 2.85 bits per heavy atom. The van der Waals surface area contributed by atoms with Crippen molar-refractivity contribution in [1.82, 2.24) is 10.3 Å². The highest BCUT2D eigenvalue weighted by Gasteiger charge is 2.23. The second-order valence-electron chi connectivity index (χ2n) is 5.08. The molecule has 4 nitrogen and oxygen atoms in total. The zero-order valence-corrected chi connectivity index (χ0v) is 11.6. The first-order valence-electron chi connectivity index (χ1n) is 6.55. The van der Waals surface area contributed by atoms with Crippen molar-refractivity contribution in [3.63, 3.8) is 0 Å². The minimum absolute atomic E-state index is 0.225. The molecule has 1 aromatic rings. The average Bonchev–Trinajstić information content (AvgIpc) is 2.83. The van der Waals surface area contributed by atoms with E-state index in [1.807, 2.05) is 12.3 Å². The number of nitrogens with two attached hydrogens (primary N) is 1. The standard InChI is InChI=1S/C14H19F2N3O/c1-8-3-10(5-19-14(8)20-7-13(15)16)9(2)12-4-11(17)6-18-12/h3,5-6,9,12-13,18H,4,7,17H2,1-2H3. The highest BCUT2D eigenvalue weighted by molar-refractivity contribution is 5.31. The molecular weight excluding hydrogens is 264 g/mol. The molecule has 0 amide bonds. The van der Waals surface area contributed by atoms with Gasteiger partial charge in [-0.05, 0) is 18.6 Å². The third kappa shape index (κ3) is 3.37. The first-order chi connectivity index (χ1) is 9.47. The van der Waals surface area contributed by atoms with Gasteiger partial charge in [0.1, 0.15) is 0 Å². The first kappa shape index (κ1) is 14.6. The summed E-state index contributed by atoms with van der Waals surface area (Å²) < 4.78 is 29.2. The fourth-order valence-electron chi connectivity index (χ4n) is 2.27. The van der Waals surface area contributed by atoms with E-state index in [1.54, 1.807) is 13.1 Å². The Kier molecular flexibility index (Phi) is 4.42. The molecule has 0 aliphatic carbocycles. The molecule has 1 aromatic heterocycles. The van der Waals surface area contributed by atoms with Crippen LogP contribution >= 0.6 is 0 Å². The lowest BCUT2D eigenvalue weighted by Crippen LogP contribution is -2.26. The normalized spacial score (nSPS) is 19.6. The lowest BCUT2D eigenvalue weighted by Gasteiger charge is -2.21. The number of rotatable bonds is 5. The van der Waals surface area contributed by atoms with Gasteiger partial charge in [0.15, 0.2) is 6.61 Å². The SMILES string of the molecule is Cc1cc(C(C)C2CC(N)=CN2)cnc1OCC(F)F. The smallest absolute Gasteiger partial charge is 0.272 e. The van der Waals surface area contributed by atoms with E-state index in [1.165, 1.54) is 0 Å². The van der Waals surface area contributed by atoms with Crippen LogP contribution in [0.15, 0.2) is 24.2 Å². The van der Waals surface area contributed by atoms with Gasteiger partial charge in [-0.2, -0.15) is 0 Å². The van der Waals surface area contributed by atoms with Gasteiger partial charge in [0.2, 0.25) is 5.88 Å². The molecule has 2 rings (SSSR count). The number of hydrogen-bond donors (Lipinski definition) is 2. The topological polar surface area (TPSA) is 60.2 Å². The van der Waals surface area contributed by atoms with Crippen molar-refractivity contribution >= 4 is 0 Å². The Morgan fingerprint density at radius 2 is 2.30 bits per heavy atom. The molecule has 0 bridgehead atoms. The summed E-state index contributed by atoms with van der Waals surface area (Å²) in [5, 5.41) is 3.23. The van der Waals surface area contributed by atoms with Crippen LogP contribution in [-0.4, -0.2) is 24.1 Å². The van der Waals surface area contributed by atoms with Crippen molar-refractivity contribution in [3.05, 3.63) is 35.3 Å². The van der Waals surface area contributed by atoms with Gasteiger partial charge in [-0.3, -0.25) is 0 Å². The van der Waals surface area contributed by atoms with Crippen LogP contribution < -0.4 is 15.8 Å². The molecular formula is C14H19F2N3O. The monoisotopic (exact) mass is 283 g/mol. The van der Waals surface area contributed by atoms with Crippen molar-refractivity contribution in [2.75, 3.05) is 6.61 Å². The third-order valence-electron chi connectivity index (χ3n) is 3.47. The van der Waals surface area contributed by atoms with Crippen molar-refractivity contribution in [2.24, 2.45) is 5.73 Å². The molecule has 0 fully saturated rings. The van der Waals surface area contributed by atoms with Gasteiger partial charge in [0.25, 0.3) is 6.43 Å². The molecule has 2 unspecified atom stereocenters. The maximum Gasteiger partial charge on any atom is 0.272 e. The molecule has 2 heterocycles. The Labute approximate surface area is 117 Å². The van der Waals surface area contributed by atoms with Crippen molar-refractivity contribution in [3.8, 4) is 5.88 Å². The van der Waals surface area contributed by atoms with E-state index >= 15 is 0 Å². The quantitative estimate of drug-likeness (QED) is 0.870. The van der Waals surface area contributed by atoms with Crippen LogP contribution in [0.25, 0.3) is 0 Å². The Morgan fingerprint density at radius 1 is 1.55 bits per heavy atom. The molecule has 0 aromatic carbocycles. The molecule has 0 radical (unpaired) electrons. The average molecular weight is 283 g/mol. The zero-order valence-electron chi connectivity index (χ0n) is 11.6. The van der Waals surface area contributed by atoms with Gasteiger partial charge in [-0.1, -0.05) is 6.92 Å². The summed E-state index contributed by atoms with van der Waals surface area (Å²) in [4.78, 5) is 4.13. The predicted octanol–water partition coefficient (Wildman–Crippen LogP) is 2.30. The van der Waals surface area contributed by atoms with E-state index in [0.717, 1.165) is 23.2 Å². The molecule has 1 aliphatic heterocycles. The van der Waals surface area contributed by atoms with Crippen molar-refractivity contribution < 1.29 is 13.5 Å². The summed E-state index contributed by atoms with van der Waals surface area (Å²) in [6.45, 7) is 3.26. The molecule has 110 valence electrons. The second kappa shape index (κ2) is 6.07. The number of aryl methyl sites for hydroxylation is 1. The number of halogens is 2. The molecule has 6 heteroatoms. The summed E-state index contributed by atoms with van der Waals surface area (Å²) >= 11 is 0. The number of nitrogens with zero attached hydrogens (tertiary/aromatic N) is 1. The minimum atomic E-state index is -2.49. The van der Waals surface area contributed by atoms with E-state index in [4.69, 9.17) is 10.5 Å². The van der Waals surface area contributed by atoms with E-state index in [0.29, 0.717) is 0 Å². The highest BCUT2D eigenvalue weighted by Crippen LogP contribution is 2.27. The Hall–Kier alpha value is -1.85. The van der Waals surface area contributed by atoms with E-state index in [9.17, 15) is 8.78 Å². The Bertz CT molecular complexity index is 505. The number of nitrogens with one attached hydrogen (secondary N) is 1. The van der Waals surface area contributed by atoms with Crippen molar-refractivity contribution in [2.45, 2.75) is 38.7 Å². The van der Waals surface area contributed by atoms with Crippen LogP contribution in [0, 0.1) is 6.92 Å². The molecule has 20 heavy (non-hydrogen) atoms. The number of alkyl halides is 2. The van der Waals surface area contributed by atoms with Gasteiger partial charge in [-0.25, -0.2) is 13.8 Å². The lowest BCUT2D eigenvalue weighted by atomic mass is 9.92. The number of ether oxygens (including phenoxy) is 1. The highest BCUT2D eigenvalue weighted by atomic mass is 19.3. The van der Waals surface area contributed by atoms with Crippen LogP contribution in [-0.2, 0) is 0 Å². The molecule has 2 atom stereocenters. The zero-order chi connectivity index (χ0) is 14.7. The molecule has 0 spiro atoms. The molecule has 0 saturated heterocycles. The first-order valence-corrected chi connectivity index (χ1v) is 6.55. The summed E-state index contributed by atoms with van der Waals surface area (Å²) in [5.41, 5.74) is 8.38. The minimum Gasteiger partial charge on any atom is -0.471 e. The van der Waals surface area contributed by atoms with Crippen LogP contribution in [0.3, 0.4) is 0 Å². The number of pyridine rings is 1. The van der Waals surface area contributed by atoms with Crippen LogP contribution in [0.2, 0.25) is 0 Å². The van der Waals surface area contributed by atoms with Crippen LogP contribution in [0.5, 0.6) is 5.88 Å². The largest absolute Gasteiger partial charge is 0.471 e. The molecule has 3 N–H and O–H groups in total. The fraction of sp³-hybridized carbons (Fsp3) is 0.500.